The maximum absolute atomic E-state index is 10.9. The van der Waals surface area contributed by atoms with Crippen molar-refractivity contribution in [2.45, 2.75) is 20.8 Å². The number of hydrogen-bond donors (Lipinski definition) is 1. The molecule has 0 saturated carbocycles. The molecule has 0 spiro atoms. The molecule has 10 heavy (non-hydrogen) atoms. The molecule has 0 aromatic heterocycles. The second-order valence-electron chi connectivity index (χ2n) is 2.45. The fraction of sp³-hybridized carbons (Fsp3) is 0.571. The highest BCUT2D eigenvalue weighted by Gasteiger charge is 2.08. The highest BCUT2D eigenvalue weighted by Crippen LogP contribution is 2.03. The Balaban J connectivity index is 4.38. The quantitative estimate of drug-likeness (QED) is 0.340. The summed E-state index contributed by atoms with van der Waals surface area (Å²) in [6.45, 7) is 5.35. The van der Waals surface area contributed by atoms with Gasteiger partial charge in [-0.3, -0.25) is 10.0 Å². The smallest absolute Gasteiger partial charge is 0.272 e. The van der Waals surface area contributed by atoms with E-state index >= 15 is 0 Å². The van der Waals surface area contributed by atoms with Crippen LogP contribution in [-0.4, -0.2) is 23.2 Å². The Hall–Kier alpha value is -0.830. The van der Waals surface area contributed by atoms with E-state index in [2.05, 4.69) is 0 Å². The first-order chi connectivity index (χ1) is 4.46. The van der Waals surface area contributed by atoms with Crippen molar-refractivity contribution in [1.29, 1.82) is 0 Å². The zero-order chi connectivity index (χ0) is 8.31. The van der Waals surface area contributed by atoms with Gasteiger partial charge >= 0.3 is 0 Å². The number of likely N-dealkylation sites (N-methyl/N-ethyl adjacent to an activating group) is 1. The minimum Gasteiger partial charge on any atom is -0.286 e. The standard InChI is InChI=1S/C7H13NO2/c1-5(2)6(3)7(9)8(4)10/h10H,1-4H3. The molecule has 0 atom stereocenters. The lowest BCUT2D eigenvalue weighted by molar-refractivity contribution is -0.154. The Bertz CT molecular complexity index is 166. The first kappa shape index (κ1) is 9.17. The van der Waals surface area contributed by atoms with Gasteiger partial charge in [-0.1, -0.05) is 5.57 Å². The third-order valence-corrected chi connectivity index (χ3v) is 1.36. The van der Waals surface area contributed by atoms with Gasteiger partial charge in [0.05, 0.1) is 0 Å². The van der Waals surface area contributed by atoms with Gasteiger partial charge in [0.2, 0.25) is 0 Å². The average molecular weight is 143 g/mol. The summed E-state index contributed by atoms with van der Waals surface area (Å²) in [6, 6.07) is 0. The molecule has 0 rings (SSSR count). The van der Waals surface area contributed by atoms with Crippen LogP contribution in [0.15, 0.2) is 11.1 Å². The molecule has 0 heterocycles. The number of nitrogens with zero attached hydrogens (tertiary/aromatic N) is 1. The number of hydrogen-bond acceptors (Lipinski definition) is 2. The number of hydroxylamine groups is 2. The Morgan fingerprint density at radius 1 is 1.30 bits per heavy atom. The first-order valence-corrected chi connectivity index (χ1v) is 3.07. The summed E-state index contributed by atoms with van der Waals surface area (Å²) in [5.41, 5.74) is 1.51. The van der Waals surface area contributed by atoms with E-state index in [1.165, 1.54) is 7.05 Å². The molecule has 0 aromatic rings. The summed E-state index contributed by atoms with van der Waals surface area (Å²) < 4.78 is 0. The van der Waals surface area contributed by atoms with Crippen LogP contribution in [0.3, 0.4) is 0 Å². The molecule has 0 aliphatic heterocycles. The molecule has 0 aliphatic carbocycles. The average Bonchev–Trinajstić information content (AvgIpc) is 1.84. The van der Waals surface area contributed by atoms with Gasteiger partial charge in [-0.25, -0.2) is 5.06 Å². The molecular weight excluding hydrogens is 130 g/mol. The second-order valence-corrected chi connectivity index (χ2v) is 2.45. The van der Waals surface area contributed by atoms with Crippen LogP contribution >= 0.6 is 0 Å². The molecule has 0 aliphatic rings. The zero-order valence-corrected chi connectivity index (χ0v) is 6.80. The predicted molar refractivity (Wildman–Crippen MR) is 38.6 cm³/mol. The SMILES string of the molecule is CC(C)=C(C)C(=O)N(C)O. The van der Waals surface area contributed by atoms with Crippen molar-refractivity contribution in [1.82, 2.24) is 5.06 Å². The van der Waals surface area contributed by atoms with Crippen LogP contribution in [0.1, 0.15) is 20.8 Å². The predicted octanol–water partition coefficient (Wildman–Crippen LogP) is 1.19. The second kappa shape index (κ2) is 3.37. The van der Waals surface area contributed by atoms with E-state index in [0.717, 1.165) is 5.57 Å². The molecule has 0 aromatic carbocycles. The van der Waals surface area contributed by atoms with Crippen LogP contribution in [0.4, 0.5) is 0 Å². The van der Waals surface area contributed by atoms with Crippen LogP contribution in [0.2, 0.25) is 0 Å². The van der Waals surface area contributed by atoms with E-state index in [9.17, 15) is 4.79 Å². The third-order valence-electron chi connectivity index (χ3n) is 1.36. The van der Waals surface area contributed by atoms with Crippen LogP contribution in [0.5, 0.6) is 0 Å². The molecule has 0 unspecified atom stereocenters. The van der Waals surface area contributed by atoms with Crippen molar-refractivity contribution in [3.8, 4) is 0 Å². The van der Waals surface area contributed by atoms with Gasteiger partial charge in [-0.15, -0.1) is 0 Å². The van der Waals surface area contributed by atoms with Crippen molar-refractivity contribution >= 4 is 5.91 Å². The summed E-state index contributed by atoms with van der Waals surface area (Å²) in [5, 5.41) is 9.28. The lowest BCUT2D eigenvalue weighted by Crippen LogP contribution is -2.23. The minimum atomic E-state index is -0.347. The van der Waals surface area contributed by atoms with Gasteiger partial charge < -0.3 is 0 Å². The van der Waals surface area contributed by atoms with Crippen LogP contribution in [-0.2, 0) is 4.79 Å². The van der Waals surface area contributed by atoms with Crippen molar-refractivity contribution < 1.29 is 10.0 Å². The first-order valence-electron chi connectivity index (χ1n) is 3.07. The van der Waals surface area contributed by atoms with Gasteiger partial charge in [0.15, 0.2) is 0 Å². The van der Waals surface area contributed by atoms with Gasteiger partial charge in [0.1, 0.15) is 0 Å². The molecule has 0 saturated heterocycles. The van der Waals surface area contributed by atoms with E-state index in [4.69, 9.17) is 5.21 Å². The summed E-state index contributed by atoms with van der Waals surface area (Å²) in [4.78, 5) is 10.9. The van der Waals surface area contributed by atoms with Crippen LogP contribution in [0.25, 0.3) is 0 Å². The van der Waals surface area contributed by atoms with Crippen LogP contribution < -0.4 is 0 Å². The van der Waals surface area contributed by atoms with Gasteiger partial charge in [-0.05, 0) is 20.8 Å². The van der Waals surface area contributed by atoms with E-state index in [1.54, 1.807) is 6.92 Å². The number of rotatable bonds is 1. The fourth-order valence-corrected chi connectivity index (χ4v) is 0.457. The maximum Gasteiger partial charge on any atom is 0.272 e. The summed E-state index contributed by atoms with van der Waals surface area (Å²) >= 11 is 0. The monoisotopic (exact) mass is 143 g/mol. The number of amides is 1. The Kier molecular flexibility index (Phi) is 3.09. The third kappa shape index (κ3) is 2.19. The number of carbonyl (C=O) groups excluding carboxylic acids is 1. The van der Waals surface area contributed by atoms with E-state index in [0.29, 0.717) is 10.6 Å². The molecule has 1 amide bonds. The van der Waals surface area contributed by atoms with Gasteiger partial charge in [0.25, 0.3) is 5.91 Å². The topological polar surface area (TPSA) is 40.5 Å². The summed E-state index contributed by atoms with van der Waals surface area (Å²) in [5.74, 6) is -0.347. The highest BCUT2D eigenvalue weighted by molar-refractivity contribution is 5.92. The van der Waals surface area contributed by atoms with Crippen LogP contribution in [0, 0.1) is 0 Å². The largest absolute Gasteiger partial charge is 0.286 e. The number of allylic oxidation sites excluding steroid dienone is 1. The molecular formula is C7H13NO2. The van der Waals surface area contributed by atoms with E-state index in [1.807, 2.05) is 13.8 Å². The summed E-state index contributed by atoms with van der Waals surface area (Å²) in [6.07, 6.45) is 0. The molecule has 0 fully saturated rings. The van der Waals surface area contributed by atoms with Gasteiger partial charge in [0, 0.05) is 12.6 Å². The zero-order valence-electron chi connectivity index (χ0n) is 6.80. The molecule has 0 bridgehead atoms. The maximum atomic E-state index is 10.9. The lowest BCUT2D eigenvalue weighted by atomic mass is 10.2. The molecule has 3 nitrogen and oxygen atoms in total. The highest BCUT2D eigenvalue weighted by atomic mass is 16.5. The molecule has 58 valence electrons. The van der Waals surface area contributed by atoms with E-state index < -0.39 is 0 Å². The Labute approximate surface area is 60.9 Å². The molecule has 3 heteroatoms. The summed E-state index contributed by atoms with van der Waals surface area (Å²) in [7, 11) is 1.31. The van der Waals surface area contributed by atoms with Crippen molar-refractivity contribution in [3.63, 3.8) is 0 Å². The lowest BCUT2D eigenvalue weighted by Gasteiger charge is -2.08. The molecule has 0 radical (unpaired) electrons. The van der Waals surface area contributed by atoms with Crippen molar-refractivity contribution in [2.75, 3.05) is 7.05 Å². The van der Waals surface area contributed by atoms with E-state index in [-0.39, 0.29) is 5.91 Å². The number of carbonyl (C=O) groups is 1. The minimum absolute atomic E-state index is 0.347. The Morgan fingerprint density at radius 2 is 1.70 bits per heavy atom. The fourth-order valence-electron chi connectivity index (χ4n) is 0.457. The van der Waals surface area contributed by atoms with Crippen molar-refractivity contribution in [3.05, 3.63) is 11.1 Å². The normalized spacial score (nSPS) is 8.90. The van der Waals surface area contributed by atoms with Gasteiger partial charge in [-0.2, -0.15) is 0 Å². The van der Waals surface area contributed by atoms with Crippen molar-refractivity contribution in [2.24, 2.45) is 0 Å². The molecule has 1 N–H and O–H groups in total. The Morgan fingerprint density at radius 3 is 1.80 bits per heavy atom.